The standard InChI is InChI=1S/C12H9ClO5/c13-8-4-7-6(1-2-11(15)16)3-12(17)18-10(7)5-9(8)14/h3-5,14H,1-2H2,(H,15,16). The zero-order chi connectivity index (χ0) is 13.3. The number of hydrogen-bond acceptors (Lipinski definition) is 4. The van der Waals surface area contributed by atoms with Crippen LogP contribution in [0, 0.1) is 0 Å². The highest BCUT2D eigenvalue weighted by atomic mass is 35.5. The summed E-state index contributed by atoms with van der Waals surface area (Å²) in [5, 5.41) is 18.7. The zero-order valence-electron chi connectivity index (χ0n) is 9.14. The van der Waals surface area contributed by atoms with Crippen LogP contribution in [0.1, 0.15) is 12.0 Å². The van der Waals surface area contributed by atoms with Crippen molar-refractivity contribution in [1.29, 1.82) is 0 Å². The first-order valence-electron chi connectivity index (χ1n) is 5.14. The summed E-state index contributed by atoms with van der Waals surface area (Å²) in [4.78, 5) is 21.9. The van der Waals surface area contributed by atoms with Crippen LogP contribution in [0.3, 0.4) is 0 Å². The van der Waals surface area contributed by atoms with Crippen molar-refractivity contribution in [3.63, 3.8) is 0 Å². The highest BCUT2D eigenvalue weighted by Crippen LogP contribution is 2.30. The molecule has 0 spiro atoms. The predicted molar refractivity (Wildman–Crippen MR) is 65.1 cm³/mol. The number of phenolic OH excluding ortho intramolecular Hbond substituents is 1. The van der Waals surface area contributed by atoms with Gasteiger partial charge < -0.3 is 14.6 Å². The molecular formula is C12H9ClO5. The van der Waals surface area contributed by atoms with Gasteiger partial charge in [0, 0.05) is 23.9 Å². The van der Waals surface area contributed by atoms with E-state index >= 15 is 0 Å². The number of aromatic hydroxyl groups is 1. The first kappa shape index (κ1) is 12.4. The van der Waals surface area contributed by atoms with Gasteiger partial charge in [-0.25, -0.2) is 4.79 Å². The monoisotopic (exact) mass is 268 g/mol. The van der Waals surface area contributed by atoms with Gasteiger partial charge in [-0.3, -0.25) is 4.79 Å². The number of hydrogen-bond donors (Lipinski definition) is 2. The van der Waals surface area contributed by atoms with Crippen LogP contribution in [-0.4, -0.2) is 16.2 Å². The van der Waals surface area contributed by atoms with Crippen molar-refractivity contribution in [3.8, 4) is 5.75 Å². The molecule has 18 heavy (non-hydrogen) atoms. The van der Waals surface area contributed by atoms with Crippen LogP contribution >= 0.6 is 11.6 Å². The smallest absolute Gasteiger partial charge is 0.336 e. The second kappa shape index (κ2) is 4.70. The van der Waals surface area contributed by atoms with Crippen LogP contribution in [0.4, 0.5) is 0 Å². The highest BCUT2D eigenvalue weighted by Gasteiger charge is 2.10. The van der Waals surface area contributed by atoms with E-state index in [0.717, 1.165) is 0 Å². The van der Waals surface area contributed by atoms with Gasteiger partial charge in [-0.05, 0) is 18.1 Å². The van der Waals surface area contributed by atoms with Crippen molar-refractivity contribution in [2.24, 2.45) is 0 Å². The third-order valence-electron chi connectivity index (χ3n) is 2.51. The quantitative estimate of drug-likeness (QED) is 0.833. The van der Waals surface area contributed by atoms with Crippen LogP contribution in [0.2, 0.25) is 5.02 Å². The van der Waals surface area contributed by atoms with Crippen LogP contribution in [0.5, 0.6) is 5.75 Å². The summed E-state index contributed by atoms with van der Waals surface area (Å²) in [6.07, 6.45) is 0.0928. The molecule has 1 aromatic carbocycles. The van der Waals surface area contributed by atoms with E-state index in [4.69, 9.17) is 21.1 Å². The Bertz CT molecular complexity index is 674. The molecule has 0 saturated carbocycles. The molecule has 1 heterocycles. The van der Waals surface area contributed by atoms with Gasteiger partial charge in [0.25, 0.3) is 0 Å². The number of halogens is 1. The molecule has 0 fully saturated rings. The molecule has 0 aliphatic carbocycles. The topological polar surface area (TPSA) is 87.7 Å². The molecule has 0 radical (unpaired) electrons. The maximum Gasteiger partial charge on any atom is 0.336 e. The fraction of sp³-hybridized carbons (Fsp3) is 0.167. The molecule has 6 heteroatoms. The molecule has 0 saturated heterocycles. The molecule has 0 amide bonds. The maximum absolute atomic E-state index is 11.3. The second-order valence-corrected chi connectivity index (χ2v) is 4.19. The molecule has 0 unspecified atom stereocenters. The van der Waals surface area contributed by atoms with Gasteiger partial charge in [0.15, 0.2) is 0 Å². The van der Waals surface area contributed by atoms with E-state index in [2.05, 4.69) is 0 Å². The number of carboxylic acid groups (broad SMARTS) is 1. The lowest BCUT2D eigenvalue weighted by molar-refractivity contribution is -0.136. The van der Waals surface area contributed by atoms with E-state index in [1.165, 1.54) is 18.2 Å². The highest BCUT2D eigenvalue weighted by molar-refractivity contribution is 6.32. The number of fused-ring (bicyclic) bond motifs is 1. The van der Waals surface area contributed by atoms with Gasteiger partial charge in [-0.2, -0.15) is 0 Å². The zero-order valence-corrected chi connectivity index (χ0v) is 9.90. The van der Waals surface area contributed by atoms with Crippen molar-refractivity contribution in [1.82, 2.24) is 0 Å². The van der Waals surface area contributed by atoms with Crippen molar-refractivity contribution in [3.05, 3.63) is 39.2 Å². The summed E-state index contributed by atoms with van der Waals surface area (Å²) >= 11 is 5.78. The first-order valence-corrected chi connectivity index (χ1v) is 5.52. The lowest BCUT2D eigenvalue weighted by atomic mass is 10.1. The lowest BCUT2D eigenvalue weighted by Crippen LogP contribution is -2.03. The Morgan fingerprint density at radius 1 is 1.33 bits per heavy atom. The molecule has 0 aliphatic heterocycles. The number of aryl methyl sites for hydroxylation is 1. The Labute approximate surface area is 106 Å². The molecule has 1 aromatic heterocycles. The fourth-order valence-corrected chi connectivity index (χ4v) is 1.85. The van der Waals surface area contributed by atoms with Crippen LogP contribution in [0.25, 0.3) is 11.0 Å². The molecule has 2 rings (SSSR count). The third-order valence-corrected chi connectivity index (χ3v) is 2.81. The van der Waals surface area contributed by atoms with Crippen LogP contribution in [0.15, 0.2) is 27.4 Å². The number of rotatable bonds is 3. The number of aliphatic carboxylic acids is 1. The minimum absolute atomic E-state index is 0.100. The Balaban J connectivity index is 2.60. The summed E-state index contributed by atoms with van der Waals surface area (Å²) in [6.45, 7) is 0. The second-order valence-electron chi connectivity index (χ2n) is 3.78. The van der Waals surface area contributed by atoms with E-state index in [9.17, 15) is 14.7 Å². The van der Waals surface area contributed by atoms with E-state index in [-0.39, 0.29) is 29.2 Å². The van der Waals surface area contributed by atoms with E-state index in [1.807, 2.05) is 0 Å². The Kier molecular flexibility index (Phi) is 3.25. The molecule has 0 aliphatic rings. The molecule has 0 atom stereocenters. The molecule has 2 aromatic rings. The molecule has 2 N–H and O–H groups in total. The Morgan fingerprint density at radius 3 is 2.72 bits per heavy atom. The maximum atomic E-state index is 11.3. The number of phenols is 1. The average Bonchev–Trinajstić information content (AvgIpc) is 2.28. The van der Waals surface area contributed by atoms with E-state index in [0.29, 0.717) is 10.9 Å². The summed E-state index contributed by atoms with van der Waals surface area (Å²) < 4.78 is 4.92. The van der Waals surface area contributed by atoms with Crippen molar-refractivity contribution in [2.75, 3.05) is 0 Å². The minimum Gasteiger partial charge on any atom is -0.506 e. The fourth-order valence-electron chi connectivity index (χ4n) is 1.68. The van der Waals surface area contributed by atoms with Crippen LogP contribution < -0.4 is 5.63 Å². The minimum atomic E-state index is -0.957. The summed E-state index contributed by atoms with van der Waals surface area (Å²) in [7, 11) is 0. The SMILES string of the molecule is O=C(O)CCc1cc(=O)oc2cc(O)c(Cl)cc12. The molecule has 94 valence electrons. The Morgan fingerprint density at radius 2 is 2.06 bits per heavy atom. The summed E-state index contributed by atoms with van der Waals surface area (Å²) in [6, 6.07) is 3.92. The number of carboxylic acids is 1. The molecule has 5 nitrogen and oxygen atoms in total. The molecular weight excluding hydrogens is 260 g/mol. The Hall–Kier alpha value is -2.01. The largest absolute Gasteiger partial charge is 0.506 e. The van der Waals surface area contributed by atoms with Gasteiger partial charge in [-0.1, -0.05) is 11.6 Å². The van der Waals surface area contributed by atoms with Crippen molar-refractivity contribution in [2.45, 2.75) is 12.8 Å². The van der Waals surface area contributed by atoms with Crippen LogP contribution in [-0.2, 0) is 11.2 Å². The predicted octanol–water partition coefficient (Wildman–Crippen LogP) is 2.17. The molecule has 0 bridgehead atoms. The third kappa shape index (κ3) is 2.46. The lowest BCUT2D eigenvalue weighted by Gasteiger charge is -2.05. The summed E-state index contributed by atoms with van der Waals surface area (Å²) in [5.74, 6) is -1.15. The van der Waals surface area contributed by atoms with Gasteiger partial charge >= 0.3 is 11.6 Å². The van der Waals surface area contributed by atoms with Gasteiger partial charge in [0.1, 0.15) is 11.3 Å². The van der Waals surface area contributed by atoms with Gasteiger partial charge in [0.05, 0.1) is 5.02 Å². The van der Waals surface area contributed by atoms with Gasteiger partial charge in [-0.15, -0.1) is 0 Å². The van der Waals surface area contributed by atoms with Crippen molar-refractivity contribution >= 4 is 28.5 Å². The van der Waals surface area contributed by atoms with Crippen molar-refractivity contribution < 1.29 is 19.4 Å². The number of carbonyl (C=O) groups is 1. The number of benzene rings is 1. The van der Waals surface area contributed by atoms with Gasteiger partial charge in [0.2, 0.25) is 0 Å². The van der Waals surface area contributed by atoms with E-state index < -0.39 is 11.6 Å². The average molecular weight is 269 g/mol. The summed E-state index contributed by atoms with van der Waals surface area (Å²) in [5.41, 5.74) is 0.125. The normalized spacial score (nSPS) is 10.7. The van der Waals surface area contributed by atoms with E-state index in [1.54, 1.807) is 0 Å². The first-order chi connectivity index (χ1) is 8.47.